The predicted molar refractivity (Wildman–Crippen MR) is 133 cm³/mol. The standard InChI is InChI=1S/C26H32N6O/c1-20-18-24(30-12-10-29(2)11-13-30)28-26(27-20)32-16-14-31(15-17-32)25(33)19-22-8-5-7-21-6-3-4-9-23(21)22/h3-9,18H,10-17,19H2,1-2H3. The van der Waals surface area contributed by atoms with Gasteiger partial charge in [-0.3, -0.25) is 4.79 Å². The fourth-order valence-corrected chi connectivity index (χ4v) is 4.75. The molecule has 33 heavy (non-hydrogen) atoms. The Hall–Kier alpha value is -3.19. The van der Waals surface area contributed by atoms with Crippen LogP contribution in [0.15, 0.2) is 48.5 Å². The van der Waals surface area contributed by atoms with Gasteiger partial charge in [-0.1, -0.05) is 42.5 Å². The van der Waals surface area contributed by atoms with Gasteiger partial charge in [0, 0.05) is 64.1 Å². The molecule has 2 aliphatic rings. The number of hydrogen-bond donors (Lipinski definition) is 0. The lowest BCUT2D eigenvalue weighted by molar-refractivity contribution is -0.130. The summed E-state index contributed by atoms with van der Waals surface area (Å²) in [5, 5.41) is 2.34. The van der Waals surface area contributed by atoms with E-state index in [-0.39, 0.29) is 5.91 Å². The molecule has 7 heteroatoms. The third-order valence-electron chi connectivity index (χ3n) is 6.79. The number of likely N-dealkylation sites (N-methyl/N-ethyl adjacent to an activating group) is 1. The zero-order valence-electron chi connectivity index (χ0n) is 19.6. The summed E-state index contributed by atoms with van der Waals surface area (Å²) in [7, 11) is 2.16. The SMILES string of the molecule is Cc1cc(N2CCN(C)CC2)nc(N2CCN(C(=O)Cc3cccc4ccccc34)CC2)n1. The summed E-state index contributed by atoms with van der Waals surface area (Å²) in [5.74, 6) is 1.99. The lowest BCUT2D eigenvalue weighted by Crippen LogP contribution is -2.50. The maximum atomic E-state index is 13.1. The molecule has 0 atom stereocenters. The van der Waals surface area contributed by atoms with Gasteiger partial charge in [0.25, 0.3) is 0 Å². The maximum absolute atomic E-state index is 13.1. The topological polar surface area (TPSA) is 55.8 Å². The van der Waals surface area contributed by atoms with E-state index in [1.165, 1.54) is 5.39 Å². The van der Waals surface area contributed by atoms with Gasteiger partial charge in [0.05, 0.1) is 6.42 Å². The first kappa shape index (κ1) is 21.6. The second kappa shape index (κ2) is 9.35. The van der Waals surface area contributed by atoms with E-state index in [0.29, 0.717) is 19.5 Å². The van der Waals surface area contributed by atoms with Gasteiger partial charge < -0.3 is 19.6 Å². The third kappa shape index (κ3) is 4.78. The average Bonchev–Trinajstić information content (AvgIpc) is 2.84. The van der Waals surface area contributed by atoms with Crippen molar-refractivity contribution in [2.24, 2.45) is 0 Å². The number of carbonyl (C=O) groups excluding carboxylic acids is 1. The molecule has 5 rings (SSSR count). The van der Waals surface area contributed by atoms with E-state index in [1.54, 1.807) is 0 Å². The molecule has 2 fully saturated rings. The van der Waals surface area contributed by atoms with Gasteiger partial charge in [0.2, 0.25) is 11.9 Å². The van der Waals surface area contributed by atoms with Gasteiger partial charge in [0.15, 0.2) is 0 Å². The van der Waals surface area contributed by atoms with Gasteiger partial charge in [-0.25, -0.2) is 4.98 Å². The van der Waals surface area contributed by atoms with Crippen molar-refractivity contribution >= 4 is 28.4 Å². The number of nitrogens with zero attached hydrogens (tertiary/aromatic N) is 6. The molecule has 0 aliphatic carbocycles. The number of carbonyl (C=O) groups is 1. The largest absolute Gasteiger partial charge is 0.354 e. The van der Waals surface area contributed by atoms with Crippen molar-refractivity contribution in [1.29, 1.82) is 0 Å². The lowest BCUT2D eigenvalue weighted by Gasteiger charge is -2.36. The van der Waals surface area contributed by atoms with E-state index >= 15 is 0 Å². The third-order valence-corrected chi connectivity index (χ3v) is 6.79. The van der Waals surface area contributed by atoms with Crippen molar-refractivity contribution in [1.82, 2.24) is 19.8 Å². The molecule has 0 unspecified atom stereocenters. The number of aryl methyl sites for hydroxylation is 1. The summed E-state index contributed by atoms with van der Waals surface area (Å²) in [6.45, 7) is 9.03. The number of hydrogen-bond acceptors (Lipinski definition) is 6. The van der Waals surface area contributed by atoms with Crippen LogP contribution in [0.4, 0.5) is 11.8 Å². The van der Waals surface area contributed by atoms with Crippen molar-refractivity contribution < 1.29 is 4.79 Å². The molecule has 0 N–H and O–H groups in total. The Morgan fingerprint density at radius 2 is 1.55 bits per heavy atom. The Kier molecular flexibility index (Phi) is 6.13. The minimum atomic E-state index is 0.189. The molecule has 1 aromatic heterocycles. The zero-order valence-corrected chi connectivity index (χ0v) is 19.6. The fourth-order valence-electron chi connectivity index (χ4n) is 4.75. The first-order valence-electron chi connectivity index (χ1n) is 11.9. The van der Waals surface area contributed by atoms with E-state index in [0.717, 1.165) is 67.7 Å². The van der Waals surface area contributed by atoms with Crippen LogP contribution in [-0.2, 0) is 11.2 Å². The summed E-state index contributed by atoms with van der Waals surface area (Å²) >= 11 is 0. The Bertz CT molecular complexity index is 1130. The Balaban J connectivity index is 1.23. The van der Waals surface area contributed by atoms with Crippen LogP contribution >= 0.6 is 0 Å². The summed E-state index contributed by atoms with van der Waals surface area (Å²) in [4.78, 5) is 31.6. The van der Waals surface area contributed by atoms with Crippen molar-refractivity contribution in [2.75, 3.05) is 69.2 Å². The minimum Gasteiger partial charge on any atom is -0.354 e. The Morgan fingerprint density at radius 1 is 0.848 bits per heavy atom. The molecule has 2 aliphatic heterocycles. The van der Waals surface area contributed by atoms with Crippen molar-refractivity contribution in [3.8, 4) is 0 Å². The van der Waals surface area contributed by atoms with E-state index in [4.69, 9.17) is 9.97 Å². The fraction of sp³-hybridized carbons (Fsp3) is 0.423. The van der Waals surface area contributed by atoms with Gasteiger partial charge in [-0.2, -0.15) is 4.98 Å². The van der Waals surface area contributed by atoms with Gasteiger partial charge in [-0.05, 0) is 30.3 Å². The van der Waals surface area contributed by atoms with Crippen LogP contribution in [0.5, 0.6) is 0 Å². The number of anilines is 2. The van der Waals surface area contributed by atoms with Crippen LogP contribution < -0.4 is 9.80 Å². The molecule has 1 amide bonds. The maximum Gasteiger partial charge on any atom is 0.227 e. The second-order valence-corrected chi connectivity index (χ2v) is 9.14. The molecular weight excluding hydrogens is 412 g/mol. The van der Waals surface area contributed by atoms with Gasteiger partial charge >= 0.3 is 0 Å². The number of amides is 1. The average molecular weight is 445 g/mol. The first-order valence-corrected chi connectivity index (χ1v) is 11.9. The number of piperazine rings is 2. The van der Waals surface area contributed by atoms with Crippen molar-refractivity contribution in [3.63, 3.8) is 0 Å². The normalized spacial score (nSPS) is 17.6. The number of aromatic nitrogens is 2. The highest BCUT2D eigenvalue weighted by Gasteiger charge is 2.24. The second-order valence-electron chi connectivity index (χ2n) is 9.14. The van der Waals surface area contributed by atoms with Crippen molar-refractivity contribution in [2.45, 2.75) is 13.3 Å². The van der Waals surface area contributed by atoms with Crippen LogP contribution in [0.1, 0.15) is 11.3 Å². The molecule has 3 aromatic rings. The van der Waals surface area contributed by atoms with Crippen LogP contribution in [0.2, 0.25) is 0 Å². The Labute approximate surface area is 195 Å². The number of rotatable bonds is 4. The summed E-state index contributed by atoms with van der Waals surface area (Å²) in [6.07, 6.45) is 0.440. The molecule has 3 heterocycles. The highest BCUT2D eigenvalue weighted by molar-refractivity contribution is 5.90. The molecule has 172 valence electrons. The van der Waals surface area contributed by atoms with Crippen LogP contribution in [-0.4, -0.2) is 85.1 Å². The predicted octanol–water partition coefficient (Wildman–Crippen LogP) is 2.58. The quantitative estimate of drug-likeness (QED) is 0.617. The monoisotopic (exact) mass is 444 g/mol. The molecule has 0 bridgehead atoms. The molecule has 0 radical (unpaired) electrons. The Morgan fingerprint density at radius 3 is 2.33 bits per heavy atom. The highest BCUT2D eigenvalue weighted by atomic mass is 16.2. The molecule has 2 aromatic carbocycles. The molecule has 7 nitrogen and oxygen atoms in total. The number of fused-ring (bicyclic) bond motifs is 1. The van der Waals surface area contributed by atoms with E-state index in [2.05, 4.69) is 52.1 Å². The van der Waals surface area contributed by atoms with Crippen LogP contribution in [0, 0.1) is 6.92 Å². The van der Waals surface area contributed by atoms with Crippen molar-refractivity contribution in [3.05, 3.63) is 59.8 Å². The van der Waals surface area contributed by atoms with Crippen LogP contribution in [0.3, 0.4) is 0 Å². The minimum absolute atomic E-state index is 0.189. The van der Waals surface area contributed by atoms with E-state index in [1.807, 2.05) is 30.0 Å². The van der Waals surface area contributed by atoms with Crippen LogP contribution in [0.25, 0.3) is 10.8 Å². The van der Waals surface area contributed by atoms with Gasteiger partial charge in [0.1, 0.15) is 5.82 Å². The summed E-state index contributed by atoms with van der Waals surface area (Å²) in [5.41, 5.74) is 2.09. The highest BCUT2D eigenvalue weighted by Crippen LogP contribution is 2.22. The molecule has 0 saturated carbocycles. The molecular formula is C26H32N6O. The smallest absolute Gasteiger partial charge is 0.227 e. The van der Waals surface area contributed by atoms with E-state index < -0.39 is 0 Å². The first-order chi connectivity index (χ1) is 16.1. The lowest BCUT2D eigenvalue weighted by atomic mass is 10.0. The zero-order chi connectivity index (χ0) is 22.8. The van der Waals surface area contributed by atoms with Gasteiger partial charge in [-0.15, -0.1) is 0 Å². The number of benzene rings is 2. The van der Waals surface area contributed by atoms with E-state index in [9.17, 15) is 4.79 Å². The summed E-state index contributed by atoms with van der Waals surface area (Å²) in [6, 6.07) is 16.6. The molecule has 2 saturated heterocycles. The molecule has 0 spiro atoms. The summed E-state index contributed by atoms with van der Waals surface area (Å²) < 4.78 is 0.